The first kappa shape index (κ1) is 13.8. The molecule has 1 amide bonds. The summed E-state index contributed by atoms with van der Waals surface area (Å²) in [6, 6.07) is 6.50. The third-order valence-corrected chi connectivity index (χ3v) is 2.83. The lowest BCUT2D eigenvalue weighted by molar-refractivity contribution is 0.0696. The number of nitrogens with one attached hydrogen (secondary N) is 2. The van der Waals surface area contributed by atoms with E-state index in [1.54, 1.807) is 0 Å². The van der Waals surface area contributed by atoms with E-state index in [0.717, 1.165) is 6.07 Å². The molecule has 0 fully saturated rings. The van der Waals surface area contributed by atoms with Crippen molar-refractivity contribution in [3.63, 3.8) is 0 Å². The number of anilines is 1. The van der Waals surface area contributed by atoms with E-state index in [1.807, 2.05) is 0 Å². The second-order valence-electron chi connectivity index (χ2n) is 3.90. The van der Waals surface area contributed by atoms with Gasteiger partial charge in [0.15, 0.2) is 0 Å². The fourth-order valence-corrected chi connectivity index (χ4v) is 1.70. The van der Waals surface area contributed by atoms with Gasteiger partial charge in [-0.2, -0.15) is 0 Å². The number of pyridine rings is 1. The number of amides is 1. The number of aromatic nitrogens is 1. The zero-order valence-electron chi connectivity index (χ0n) is 10.0. The minimum atomic E-state index is -1.13. The topological polar surface area (TPSA) is 99.3 Å². The standard InChI is InChI=1S/C13H9ClN2O4/c14-9-2-1-8(13(19)20)5-10(9)16-12(18)7-3-4-15-11(17)6-7/h1-6H,(H,15,17)(H,16,18)(H,19,20). The van der Waals surface area contributed by atoms with Gasteiger partial charge in [-0.1, -0.05) is 11.6 Å². The Hall–Kier alpha value is -2.60. The van der Waals surface area contributed by atoms with Gasteiger partial charge < -0.3 is 15.4 Å². The van der Waals surface area contributed by atoms with E-state index in [1.165, 1.54) is 30.5 Å². The molecule has 102 valence electrons. The number of carbonyl (C=O) groups excluding carboxylic acids is 1. The van der Waals surface area contributed by atoms with Gasteiger partial charge in [-0.15, -0.1) is 0 Å². The molecule has 20 heavy (non-hydrogen) atoms. The van der Waals surface area contributed by atoms with Crippen LogP contribution in [0.4, 0.5) is 5.69 Å². The molecule has 3 N–H and O–H groups in total. The van der Waals surface area contributed by atoms with Crippen molar-refractivity contribution in [3.8, 4) is 0 Å². The maximum Gasteiger partial charge on any atom is 0.335 e. The van der Waals surface area contributed by atoms with Crippen LogP contribution in [0.3, 0.4) is 0 Å². The highest BCUT2D eigenvalue weighted by Gasteiger charge is 2.11. The van der Waals surface area contributed by atoms with Crippen molar-refractivity contribution < 1.29 is 14.7 Å². The Kier molecular flexibility index (Phi) is 3.86. The zero-order chi connectivity index (χ0) is 14.7. The fraction of sp³-hybridized carbons (Fsp3) is 0. The molecule has 0 aliphatic heterocycles. The molecule has 7 heteroatoms. The molecule has 0 radical (unpaired) electrons. The van der Waals surface area contributed by atoms with Crippen LogP contribution >= 0.6 is 11.6 Å². The van der Waals surface area contributed by atoms with Crippen molar-refractivity contribution in [1.82, 2.24) is 4.98 Å². The Labute approximate surface area is 118 Å². The summed E-state index contributed by atoms with van der Waals surface area (Å²) in [5.41, 5.74) is -0.110. The minimum absolute atomic E-state index is 0.00407. The van der Waals surface area contributed by atoms with E-state index >= 15 is 0 Å². The van der Waals surface area contributed by atoms with E-state index in [-0.39, 0.29) is 21.8 Å². The number of carboxylic acids is 1. The number of H-pyrrole nitrogens is 1. The van der Waals surface area contributed by atoms with Gasteiger partial charge in [-0.05, 0) is 24.3 Å². The van der Waals surface area contributed by atoms with Crippen LogP contribution in [0.2, 0.25) is 5.02 Å². The number of hydrogen-bond donors (Lipinski definition) is 3. The molecule has 1 aromatic carbocycles. The summed E-state index contributed by atoms with van der Waals surface area (Å²) in [6.07, 6.45) is 1.34. The van der Waals surface area contributed by atoms with E-state index in [9.17, 15) is 14.4 Å². The first-order chi connectivity index (χ1) is 9.47. The van der Waals surface area contributed by atoms with Crippen LogP contribution in [-0.2, 0) is 0 Å². The first-order valence-electron chi connectivity index (χ1n) is 5.50. The number of benzene rings is 1. The Balaban J connectivity index is 2.30. The summed E-state index contributed by atoms with van der Waals surface area (Å²) >= 11 is 5.89. The van der Waals surface area contributed by atoms with Crippen molar-refractivity contribution in [2.75, 3.05) is 5.32 Å². The summed E-state index contributed by atoms with van der Waals surface area (Å²) in [6.45, 7) is 0. The Bertz CT molecular complexity index is 739. The molecule has 1 aromatic heterocycles. The fourth-order valence-electron chi connectivity index (χ4n) is 1.53. The number of rotatable bonds is 3. The molecule has 0 atom stereocenters. The molecule has 0 saturated carbocycles. The van der Waals surface area contributed by atoms with E-state index < -0.39 is 17.4 Å². The lowest BCUT2D eigenvalue weighted by Gasteiger charge is -2.08. The maximum absolute atomic E-state index is 11.9. The van der Waals surface area contributed by atoms with Crippen LogP contribution < -0.4 is 10.9 Å². The van der Waals surface area contributed by atoms with Crippen LogP contribution in [-0.4, -0.2) is 22.0 Å². The lowest BCUT2D eigenvalue weighted by Crippen LogP contribution is -2.16. The number of aromatic carboxylic acids is 1. The van der Waals surface area contributed by atoms with Gasteiger partial charge in [0, 0.05) is 17.8 Å². The highest BCUT2D eigenvalue weighted by molar-refractivity contribution is 6.34. The van der Waals surface area contributed by atoms with Crippen molar-refractivity contribution in [2.24, 2.45) is 0 Å². The largest absolute Gasteiger partial charge is 0.478 e. The third kappa shape index (κ3) is 3.04. The predicted octanol–water partition coefficient (Wildman–Crippen LogP) is 1.98. The number of aromatic amines is 1. The molecule has 0 saturated heterocycles. The summed E-state index contributed by atoms with van der Waals surface area (Å²) in [4.78, 5) is 36.3. The molecular formula is C13H9ClN2O4. The smallest absolute Gasteiger partial charge is 0.335 e. The monoisotopic (exact) mass is 292 g/mol. The van der Waals surface area contributed by atoms with Crippen molar-refractivity contribution >= 4 is 29.2 Å². The predicted molar refractivity (Wildman–Crippen MR) is 73.4 cm³/mol. The van der Waals surface area contributed by atoms with Gasteiger partial charge in [-0.3, -0.25) is 9.59 Å². The molecular weight excluding hydrogens is 284 g/mol. The van der Waals surface area contributed by atoms with Gasteiger partial charge in [0.25, 0.3) is 5.91 Å². The molecule has 0 spiro atoms. The van der Waals surface area contributed by atoms with E-state index in [2.05, 4.69) is 10.3 Å². The summed E-state index contributed by atoms with van der Waals surface area (Å²) in [5.74, 6) is -1.69. The number of carboxylic acid groups (broad SMARTS) is 1. The van der Waals surface area contributed by atoms with Gasteiger partial charge in [0.1, 0.15) is 0 Å². The normalized spacial score (nSPS) is 10.1. The maximum atomic E-state index is 11.9. The highest BCUT2D eigenvalue weighted by atomic mass is 35.5. The number of halogens is 1. The van der Waals surface area contributed by atoms with E-state index in [0.29, 0.717) is 0 Å². The molecule has 6 nitrogen and oxygen atoms in total. The minimum Gasteiger partial charge on any atom is -0.478 e. The third-order valence-electron chi connectivity index (χ3n) is 2.50. The van der Waals surface area contributed by atoms with Crippen LogP contribution in [0, 0.1) is 0 Å². The second-order valence-corrected chi connectivity index (χ2v) is 4.30. The average Bonchev–Trinajstić information content (AvgIpc) is 2.41. The van der Waals surface area contributed by atoms with Crippen molar-refractivity contribution in [2.45, 2.75) is 0 Å². The highest BCUT2D eigenvalue weighted by Crippen LogP contribution is 2.23. The molecule has 2 aromatic rings. The van der Waals surface area contributed by atoms with Gasteiger partial charge >= 0.3 is 5.97 Å². The first-order valence-corrected chi connectivity index (χ1v) is 5.88. The number of hydrogen-bond acceptors (Lipinski definition) is 3. The molecule has 2 rings (SSSR count). The SMILES string of the molecule is O=C(O)c1ccc(Cl)c(NC(=O)c2cc[nH]c(=O)c2)c1. The molecule has 0 unspecified atom stereocenters. The Morgan fingerprint density at radius 2 is 1.90 bits per heavy atom. The van der Waals surface area contributed by atoms with Crippen molar-refractivity contribution in [1.29, 1.82) is 0 Å². The molecule has 0 aliphatic carbocycles. The van der Waals surface area contributed by atoms with Crippen LogP contribution in [0.5, 0.6) is 0 Å². The van der Waals surface area contributed by atoms with Crippen LogP contribution in [0.1, 0.15) is 20.7 Å². The lowest BCUT2D eigenvalue weighted by atomic mass is 10.2. The average molecular weight is 293 g/mol. The Morgan fingerprint density at radius 3 is 2.55 bits per heavy atom. The van der Waals surface area contributed by atoms with Crippen molar-refractivity contribution in [3.05, 3.63) is 63.0 Å². The van der Waals surface area contributed by atoms with E-state index in [4.69, 9.17) is 16.7 Å². The summed E-state index contributed by atoms with van der Waals surface area (Å²) < 4.78 is 0. The Morgan fingerprint density at radius 1 is 1.15 bits per heavy atom. The van der Waals surface area contributed by atoms with Gasteiger partial charge in [0.2, 0.25) is 5.56 Å². The quantitative estimate of drug-likeness (QED) is 0.805. The zero-order valence-corrected chi connectivity index (χ0v) is 10.8. The van der Waals surface area contributed by atoms with Crippen LogP contribution in [0.15, 0.2) is 41.3 Å². The second kappa shape index (κ2) is 5.58. The number of carbonyl (C=O) groups is 2. The molecule has 0 bridgehead atoms. The molecule has 0 aliphatic rings. The molecule has 1 heterocycles. The summed E-state index contributed by atoms with van der Waals surface area (Å²) in [5, 5.41) is 11.6. The van der Waals surface area contributed by atoms with Gasteiger partial charge in [0.05, 0.1) is 16.3 Å². The van der Waals surface area contributed by atoms with Gasteiger partial charge in [-0.25, -0.2) is 4.79 Å². The van der Waals surface area contributed by atoms with Crippen LogP contribution in [0.25, 0.3) is 0 Å². The summed E-state index contributed by atoms with van der Waals surface area (Å²) in [7, 11) is 0.